The lowest BCUT2D eigenvalue weighted by Crippen LogP contribution is -2.34. The fraction of sp³-hybridized carbons (Fsp3) is 0.211. The van der Waals surface area contributed by atoms with Crippen LogP contribution in [0.3, 0.4) is 0 Å². The average molecular weight is 372 g/mol. The van der Waals surface area contributed by atoms with Gasteiger partial charge in [-0.15, -0.1) is 11.3 Å². The number of carbonyl (C=O) groups excluding carboxylic acids is 1. The quantitative estimate of drug-likeness (QED) is 0.593. The number of aliphatic hydroxyl groups is 1. The molecule has 0 saturated heterocycles. The van der Waals surface area contributed by atoms with Crippen LogP contribution in [0.4, 0.5) is 4.79 Å². The molecule has 0 saturated carbocycles. The number of hydrogen-bond acceptors (Lipinski definition) is 5. The minimum absolute atomic E-state index is 0.248. The third kappa shape index (κ3) is 4.65. The van der Waals surface area contributed by atoms with Gasteiger partial charge < -0.3 is 24.9 Å². The number of urea groups is 1. The summed E-state index contributed by atoms with van der Waals surface area (Å²) in [7, 11) is 1.62. The van der Waals surface area contributed by atoms with E-state index in [1.54, 1.807) is 19.2 Å². The van der Waals surface area contributed by atoms with Gasteiger partial charge in [0.2, 0.25) is 0 Å². The summed E-state index contributed by atoms with van der Waals surface area (Å²) in [6, 6.07) is 14.5. The van der Waals surface area contributed by atoms with Crippen LogP contribution in [0.5, 0.6) is 5.75 Å². The van der Waals surface area contributed by atoms with E-state index in [9.17, 15) is 9.90 Å². The summed E-state index contributed by atoms with van der Waals surface area (Å²) in [4.78, 5) is 13.7. The van der Waals surface area contributed by atoms with Gasteiger partial charge in [0.05, 0.1) is 19.9 Å². The van der Waals surface area contributed by atoms with Crippen LogP contribution in [0.25, 0.3) is 0 Å². The first-order valence-electron chi connectivity index (χ1n) is 8.10. The van der Waals surface area contributed by atoms with Crippen molar-refractivity contribution in [1.29, 1.82) is 0 Å². The van der Waals surface area contributed by atoms with Crippen molar-refractivity contribution >= 4 is 17.4 Å². The summed E-state index contributed by atoms with van der Waals surface area (Å²) < 4.78 is 10.3. The Hall–Kier alpha value is -2.77. The van der Waals surface area contributed by atoms with Gasteiger partial charge in [-0.2, -0.15) is 0 Å². The molecule has 0 aliphatic carbocycles. The highest BCUT2D eigenvalue weighted by atomic mass is 32.1. The minimum atomic E-state index is -0.785. The Bertz CT molecular complexity index is 828. The van der Waals surface area contributed by atoms with Crippen molar-refractivity contribution in [3.63, 3.8) is 0 Å². The lowest BCUT2D eigenvalue weighted by Gasteiger charge is -2.08. The van der Waals surface area contributed by atoms with Gasteiger partial charge in [-0.25, -0.2) is 4.79 Å². The Morgan fingerprint density at radius 2 is 1.92 bits per heavy atom. The van der Waals surface area contributed by atoms with Crippen molar-refractivity contribution in [2.45, 2.75) is 19.2 Å². The highest BCUT2D eigenvalue weighted by Crippen LogP contribution is 2.28. The van der Waals surface area contributed by atoms with Crippen LogP contribution >= 0.6 is 11.3 Å². The number of benzene rings is 1. The van der Waals surface area contributed by atoms with Crippen LogP contribution in [0.15, 0.2) is 59.2 Å². The maximum absolute atomic E-state index is 11.9. The van der Waals surface area contributed by atoms with Gasteiger partial charge in [0.1, 0.15) is 17.6 Å². The molecule has 2 aromatic heterocycles. The third-order valence-corrected chi connectivity index (χ3v) is 4.94. The normalized spacial score (nSPS) is 11.8. The highest BCUT2D eigenvalue weighted by molar-refractivity contribution is 7.12. The molecule has 2 amide bonds. The molecule has 6 nitrogen and oxygen atoms in total. The summed E-state index contributed by atoms with van der Waals surface area (Å²) in [5, 5.41) is 15.8. The Morgan fingerprint density at radius 3 is 2.62 bits per heavy atom. The van der Waals surface area contributed by atoms with Crippen molar-refractivity contribution in [1.82, 2.24) is 10.6 Å². The minimum Gasteiger partial charge on any atom is -0.497 e. The monoisotopic (exact) mass is 372 g/mol. The topological polar surface area (TPSA) is 83.7 Å². The molecule has 0 aliphatic rings. The van der Waals surface area contributed by atoms with Crippen molar-refractivity contribution in [2.24, 2.45) is 0 Å². The van der Waals surface area contributed by atoms with Crippen molar-refractivity contribution in [2.75, 3.05) is 7.11 Å². The molecule has 0 spiro atoms. The molecule has 26 heavy (non-hydrogen) atoms. The number of methoxy groups -OCH3 is 1. The summed E-state index contributed by atoms with van der Waals surface area (Å²) in [6.07, 6.45) is 0.745. The summed E-state index contributed by atoms with van der Waals surface area (Å²) in [5.74, 6) is 1.28. The molecule has 0 fully saturated rings. The highest BCUT2D eigenvalue weighted by Gasteiger charge is 2.15. The Labute approximate surface area is 155 Å². The molecule has 0 radical (unpaired) electrons. The van der Waals surface area contributed by atoms with E-state index in [0.29, 0.717) is 18.8 Å². The van der Waals surface area contributed by atoms with E-state index >= 15 is 0 Å². The second-order valence-corrected chi connectivity index (χ2v) is 6.81. The fourth-order valence-electron chi connectivity index (χ4n) is 2.38. The van der Waals surface area contributed by atoms with Crippen LogP contribution in [0, 0.1) is 0 Å². The standard InChI is InChI=1S/C19H20N2O4S/c1-24-14-6-4-13(5-7-14)11-20-19(23)21-12-15-8-9-17(26-15)18(22)16-3-2-10-25-16/h2-10,18,22H,11-12H2,1H3,(H2,20,21,23). The molecule has 2 heterocycles. The number of aliphatic hydroxyl groups excluding tert-OH is 1. The number of rotatable bonds is 7. The third-order valence-electron chi connectivity index (χ3n) is 3.80. The SMILES string of the molecule is COc1ccc(CNC(=O)NCc2ccc(C(O)c3ccco3)s2)cc1. The van der Waals surface area contributed by atoms with E-state index < -0.39 is 6.10 Å². The maximum atomic E-state index is 11.9. The average Bonchev–Trinajstić information content (AvgIpc) is 3.36. The van der Waals surface area contributed by atoms with E-state index in [2.05, 4.69) is 10.6 Å². The molecular formula is C19H20N2O4S. The second kappa shape index (κ2) is 8.55. The first kappa shape index (κ1) is 18.0. The molecular weight excluding hydrogens is 352 g/mol. The Kier molecular flexibility index (Phi) is 5.93. The predicted molar refractivity (Wildman–Crippen MR) is 99.2 cm³/mol. The number of ether oxygens (including phenoxy) is 1. The number of nitrogens with one attached hydrogen (secondary N) is 2. The van der Waals surface area contributed by atoms with Gasteiger partial charge >= 0.3 is 6.03 Å². The molecule has 3 aromatic rings. The molecule has 1 atom stereocenters. The summed E-state index contributed by atoms with van der Waals surface area (Å²) >= 11 is 1.43. The van der Waals surface area contributed by atoms with Gasteiger partial charge in [-0.1, -0.05) is 12.1 Å². The molecule has 0 aliphatic heterocycles. The zero-order chi connectivity index (χ0) is 18.4. The zero-order valence-corrected chi connectivity index (χ0v) is 15.1. The van der Waals surface area contributed by atoms with Gasteiger partial charge in [-0.05, 0) is 42.0 Å². The first-order chi connectivity index (χ1) is 12.7. The summed E-state index contributed by atoms with van der Waals surface area (Å²) in [5.41, 5.74) is 0.987. The Morgan fingerprint density at radius 1 is 1.15 bits per heavy atom. The molecule has 3 rings (SSSR count). The Balaban J connectivity index is 1.45. The van der Waals surface area contributed by atoms with Crippen molar-refractivity contribution in [3.05, 3.63) is 75.9 Å². The number of carbonyl (C=O) groups is 1. The summed E-state index contributed by atoms with van der Waals surface area (Å²) in [6.45, 7) is 0.826. The number of thiophene rings is 1. The van der Waals surface area contributed by atoms with Crippen molar-refractivity contribution in [3.8, 4) is 5.75 Å². The molecule has 3 N–H and O–H groups in total. The van der Waals surface area contributed by atoms with Crippen LogP contribution < -0.4 is 15.4 Å². The maximum Gasteiger partial charge on any atom is 0.315 e. The molecule has 1 aromatic carbocycles. The van der Waals surface area contributed by atoms with Gasteiger partial charge in [-0.3, -0.25) is 0 Å². The number of amides is 2. The smallest absolute Gasteiger partial charge is 0.315 e. The van der Waals surface area contributed by atoms with E-state index in [1.807, 2.05) is 36.4 Å². The van der Waals surface area contributed by atoms with Gasteiger partial charge in [0, 0.05) is 16.3 Å². The predicted octanol–water partition coefficient (Wildman–Crippen LogP) is 3.43. The fourth-order valence-corrected chi connectivity index (χ4v) is 3.33. The molecule has 136 valence electrons. The molecule has 7 heteroatoms. The van der Waals surface area contributed by atoms with E-state index in [4.69, 9.17) is 9.15 Å². The van der Waals surface area contributed by atoms with Crippen LogP contribution in [0.1, 0.15) is 27.2 Å². The lowest BCUT2D eigenvalue weighted by atomic mass is 10.2. The lowest BCUT2D eigenvalue weighted by molar-refractivity contribution is 0.193. The largest absolute Gasteiger partial charge is 0.497 e. The first-order valence-corrected chi connectivity index (χ1v) is 8.92. The van der Waals surface area contributed by atoms with Gasteiger partial charge in [0.15, 0.2) is 0 Å². The van der Waals surface area contributed by atoms with Crippen LogP contribution in [-0.4, -0.2) is 18.2 Å². The molecule has 0 bridgehead atoms. The van der Waals surface area contributed by atoms with E-state index in [1.165, 1.54) is 17.6 Å². The second-order valence-electron chi connectivity index (χ2n) is 5.61. The number of hydrogen-bond donors (Lipinski definition) is 3. The van der Waals surface area contributed by atoms with Crippen LogP contribution in [0.2, 0.25) is 0 Å². The number of furan rings is 1. The van der Waals surface area contributed by atoms with E-state index in [-0.39, 0.29) is 6.03 Å². The van der Waals surface area contributed by atoms with E-state index in [0.717, 1.165) is 21.1 Å². The molecule has 1 unspecified atom stereocenters. The zero-order valence-electron chi connectivity index (χ0n) is 14.3. The van der Waals surface area contributed by atoms with Crippen LogP contribution in [-0.2, 0) is 13.1 Å². The van der Waals surface area contributed by atoms with Gasteiger partial charge in [0.25, 0.3) is 0 Å². The van der Waals surface area contributed by atoms with Crippen molar-refractivity contribution < 1.29 is 19.1 Å².